The Morgan fingerprint density at radius 3 is 2.45 bits per heavy atom. The molecule has 9 aliphatic rings. The Morgan fingerprint density at radius 2 is 1.67 bits per heavy atom. The van der Waals surface area contributed by atoms with Crippen molar-refractivity contribution in [3.8, 4) is 0 Å². The van der Waals surface area contributed by atoms with Crippen LogP contribution < -0.4 is 5.32 Å². The number of nitrogens with one attached hydrogen (secondary N) is 1. The summed E-state index contributed by atoms with van der Waals surface area (Å²) in [6, 6.07) is 0. The van der Waals surface area contributed by atoms with Crippen LogP contribution in [-0.2, 0) is 42.7 Å². The van der Waals surface area contributed by atoms with Gasteiger partial charge in [-0.25, -0.2) is 0 Å². The number of aliphatic hydroxyl groups is 2. The zero-order chi connectivity index (χ0) is 42.4. The number of hydrogen-bond acceptors (Lipinski definition) is 12. The van der Waals surface area contributed by atoms with Crippen molar-refractivity contribution in [2.24, 2.45) is 35.5 Å². The number of fused-ring (bicyclic) bond motifs is 5. The topological polar surface area (TPSA) is 164 Å². The van der Waals surface area contributed by atoms with Crippen LogP contribution in [0.2, 0.25) is 0 Å². The van der Waals surface area contributed by atoms with Crippen molar-refractivity contribution in [1.29, 1.82) is 0 Å². The second-order valence-corrected chi connectivity index (χ2v) is 20.9. The first-order valence-corrected chi connectivity index (χ1v) is 23.3. The van der Waals surface area contributed by atoms with Crippen LogP contribution in [0.25, 0.3) is 0 Å². The third-order valence-electron chi connectivity index (χ3n) is 15.9. The summed E-state index contributed by atoms with van der Waals surface area (Å²) in [5, 5.41) is 37.3. The molecule has 8 saturated heterocycles. The van der Waals surface area contributed by atoms with Gasteiger partial charge in [0.25, 0.3) is 0 Å². The molecule has 0 aromatic rings. The summed E-state index contributed by atoms with van der Waals surface area (Å²) < 4.78 is 54.1. The van der Waals surface area contributed by atoms with Gasteiger partial charge in [-0.2, -0.15) is 0 Å². The first kappa shape index (κ1) is 43.5. The lowest BCUT2D eigenvalue weighted by Gasteiger charge is -2.53. The predicted octanol–water partition coefficient (Wildman–Crippen LogP) is 6.26. The smallest absolute Gasteiger partial charge is 0.303 e. The summed E-state index contributed by atoms with van der Waals surface area (Å²) in [6.45, 7) is 18.5. The van der Waals surface area contributed by atoms with Crippen molar-refractivity contribution in [3.05, 3.63) is 36.5 Å². The maximum absolute atomic E-state index is 12.4. The lowest BCUT2D eigenvalue weighted by molar-refractivity contribution is -0.367. The molecule has 0 amide bonds. The molecule has 9 aliphatic heterocycles. The Balaban J connectivity index is 0.846. The Morgan fingerprint density at radius 1 is 0.867 bits per heavy atom. The van der Waals surface area contributed by atoms with E-state index in [1.165, 1.54) is 0 Å². The van der Waals surface area contributed by atoms with E-state index in [1.807, 2.05) is 25.2 Å². The molecule has 4 N–H and O–H groups in total. The molecular weight excluding hydrogens is 771 g/mol. The van der Waals surface area contributed by atoms with Gasteiger partial charge in [0.15, 0.2) is 23.1 Å². The van der Waals surface area contributed by atoms with E-state index in [1.54, 1.807) is 0 Å². The molecule has 9 heterocycles. The van der Waals surface area contributed by atoms with Crippen LogP contribution >= 0.6 is 0 Å². The molecule has 0 aliphatic carbocycles. The quantitative estimate of drug-likeness (QED) is 0.193. The van der Waals surface area contributed by atoms with Crippen LogP contribution in [0.15, 0.2) is 36.5 Å². The molecule has 8 fully saturated rings. The molecule has 0 saturated carbocycles. The van der Waals surface area contributed by atoms with Gasteiger partial charge in [0.2, 0.25) is 0 Å². The Labute approximate surface area is 355 Å². The van der Waals surface area contributed by atoms with E-state index >= 15 is 0 Å². The zero-order valence-electron chi connectivity index (χ0n) is 36.6. The highest BCUT2D eigenvalue weighted by molar-refractivity contribution is 5.66. The van der Waals surface area contributed by atoms with Gasteiger partial charge in [-0.1, -0.05) is 66.3 Å². The number of piperidine rings is 1. The highest BCUT2D eigenvalue weighted by atomic mass is 16.8. The van der Waals surface area contributed by atoms with Crippen molar-refractivity contribution < 1.29 is 58.0 Å². The number of aliphatic hydroxyl groups excluding tert-OH is 1. The number of carbonyl (C=O) groups is 1. The molecule has 0 unspecified atom stereocenters. The van der Waals surface area contributed by atoms with Crippen molar-refractivity contribution in [3.63, 3.8) is 0 Å². The van der Waals surface area contributed by atoms with Crippen LogP contribution in [0.4, 0.5) is 0 Å². The molecule has 0 radical (unpaired) electrons. The number of aliphatic carboxylic acids is 1. The number of ether oxygens (including phenoxy) is 8. The average Bonchev–Trinajstić information content (AvgIpc) is 3.87. The van der Waals surface area contributed by atoms with Gasteiger partial charge in [-0.15, -0.1) is 0 Å². The Hall–Kier alpha value is -1.75. The molecule has 13 nitrogen and oxygen atoms in total. The number of rotatable bonds is 9. The molecule has 60 heavy (non-hydrogen) atoms. The van der Waals surface area contributed by atoms with E-state index in [0.717, 1.165) is 37.8 Å². The van der Waals surface area contributed by atoms with Crippen molar-refractivity contribution in [1.82, 2.24) is 5.32 Å². The van der Waals surface area contributed by atoms with E-state index in [2.05, 4.69) is 52.6 Å². The van der Waals surface area contributed by atoms with Crippen molar-refractivity contribution >= 4 is 5.97 Å². The minimum absolute atomic E-state index is 0.0210. The van der Waals surface area contributed by atoms with Gasteiger partial charge >= 0.3 is 5.97 Å². The molecule has 13 heteroatoms. The normalized spacial score (nSPS) is 52.9. The fourth-order valence-electron chi connectivity index (χ4n) is 12.8. The average molecular weight is 842 g/mol. The number of carboxylic acids is 1. The van der Waals surface area contributed by atoms with Gasteiger partial charge in [0.05, 0.1) is 42.7 Å². The summed E-state index contributed by atoms with van der Waals surface area (Å²) in [5.74, 6) is -4.41. The number of carboxylic acid groups (broad SMARTS) is 1. The molecule has 3 spiro atoms. The molecule has 0 aromatic carbocycles. The molecule has 20 atom stereocenters. The second-order valence-electron chi connectivity index (χ2n) is 20.9. The molecule has 336 valence electrons. The maximum Gasteiger partial charge on any atom is 0.303 e. The Bertz CT molecular complexity index is 1690. The van der Waals surface area contributed by atoms with E-state index < -0.39 is 53.2 Å². The molecule has 0 aromatic heterocycles. The summed E-state index contributed by atoms with van der Waals surface area (Å²) in [6.07, 6.45) is 12.2. The minimum atomic E-state index is -1.88. The molecule has 9 rings (SSSR count). The van der Waals surface area contributed by atoms with Crippen LogP contribution in [0.1, 0.15) is 125 Å². The fraction of sp³-hybridized carbons (Fsp3) is 0.851. The number of allylic oxidation sites excluding steroid dienone is 1. The number of hydrogen-bond donors (Lipinski definition) is 4. The predicted molar refractivity (Wildman–Crippen MR) is 219 cm³/mol. The van der Waals surface area contributed by atoms with Crippen molar-refractivity contribution in [2.75, 3.05) is 6.54 Å². The van der Waals surface area contributed by atoms with Crippen LogP contribution in [0, 0.1) is 35.5 Å². The largest absolute Gasteiger partial charge is 0.481 e. The second kappa shape index (κ2) is 16.0. The third-order valence-corrected chi connectivity index (χ3v) is 15.9. The van der Waals surface area contributed by atoms with Gasteiger partial charge < -0.3 is 53.2 Å². The van der Waals surface area contributed by atoms with Gasteiger partial charge in [-0.3, -0.25) is 10.1 Å². The highest BCUT2D eigenvalue weighted by Crippen LogP contribution is 2.55. The zero-order valence-corrected chi connectivity index (χ0v) is 36.6. The molecule has 2 bridgehead atoms. The van der Waals surface area contributed by atoms with Crippen LogP contribution in [-0.4, -0.2) is 112 Å². The SMILES string of the molecule is C=C(C[C@]12C[C@H](C)C[C@H](O1)[C@@H]1O[C@@]3(C[C@@H]1O2)NC[C@@H](C)C[C@H]3C)[C@H]1O[C@@](O)([C@@H](O)[C@H]2C[C@@H]3O[C@]4(CC[C@]5(C=CC[C@@H](/C=C/CCC(=O)O)O5)O4)[C@@H](C)C[C@@H]3O2)[C@H](C)C[C@@H]1C. The maximum atomic E-state index is 12.4. The van der Waals surface area contributed by atoms with E-state index in [9.17, 15) is 15.0 Å². The summed E-state index contributed by atoms with van der Waals surface area (Å²) in [4.78, 5) is 11.0. The summed E-state index contributed by atoms with van der Waals surface area (Å²) in [5.41, 5.74) is 0.390. The van der Waals surface area contributed by atoms with E-state index in [-0.39, 0.29) is 60.8 Å². The monoisotopic (exact) mass is 841 g/mol. The van der Waals surface area contributed by atoms with Crippen molar-refractivity contribution in [2.45, 2.75) is 209 Å². The van der Waals surface area contributed by atoms with E-state index in [0.29, 0.717) is 69.1 Å². The highest BCUT2D eigenvalue weighted by Gasteiger charge is 2.64. The van der Waals surface area contributed by atoms with Gasteiger partial charge in [0, 0.05) is 63.3 Å². The molecular formula is C47H71NO12. The lowest BCUT2D eigenvalue weighted by Crippen LogP contribution is -2.62. The van der Waals surface area contributed by atoms with E-state index in [4.69, 9.17) is 43.0 Å². The summed E-state index contributed by atoms with van der Waals surface area (Å²) >= 11 is 0. The van der Waals surface area contributed by atoms with Crippen LogP contribution in [0.3, 0.4) is 0 Å². The van der Waals surface area contributed by atoms with Gasteiger partial charge in [0.1, 0.15) is 17.9 Å². The first-order valence-electron chi connectivity index (χ1n) is 23.3. The standard InChI is InChI=1S/C47H71NO12/c1-26-18-36-41-38(24-45(58-41)30(5)17-27(2)25-48-45)56-44(22-26,55-36)23-29(4)40-28(3)19-32(7)47(52,59-40)42(51)37-21-35-34(53-37)20-31(6)46(57-35)16-15-43(60-46)14-10-12-33(54-43)11-8-9-13-39(49)50/h8,10-11,14,26-28,30-38,40-42,48,51-52H,4,9,12-13,15-25H2,1-3,5-7H3,(H,49,50)/b11-8+/t26-,27+,28+,30-,31+,32-,33-,34+,35+,36+,37-,38+,40+,41+,42+,43+,44-,45-,46+,47-/m1/s1. The van der Waals surface area contributed by atoms with Crippen LogP contribution in [0.5, 0.6) is 0 Å². The lowest BCUT2D eigenvalue weighted by atomic mass is 9.76. The summed E-state index contributed by atoms with van der Waals surface area (Å²) in [7, 11) is 0. The third kappa shape index (κ3) is 7.81. The first-order chi connectivity index (χ1) is 28.4. The van der Waals surface area contributed by atoms with Gasteiger partial charge in [-0.05, 0) is 73.8 Å². The Kier molecular flexibility index (Phi) is 11.6. The minimum Gasteiger partial charge on any atom is -0.481 e. The fourth-order valence-corrected chi connectivity index (χ4v) is 12.8.